The number of rotatable bonds is 4. The maximum atomic E-state index is 13.8. The summed E-state index contributed by atoms with van der Waals surface area (Å²) >= 11 is 0. The lowest BCUT2D eigenvalue weighted by molar-refractivity contribution is -0.134. The molecule has 5 nitrogen and oxygen atoms in total. The summed E-state index contributed by atoms with van der Waals surface area (Å²) in [4.78, 5) is 10.4. The van der Waals surface area contributed by atoms with E-state index in [9.17, 15) is 9.18 Å². The van der Waals surface area contributed by atoms with E-state index in [1.165, 1.54) is 13.2 Å². The fourth-order valence-electron chi connectivity index (χ4n) is 1.79. The number of hydrogen-bond acceptors (Lipinski definition) is 4. The number of fused-ring (bicyclic) bond motifs is 1. The molecule has 0 radical (unpaired) electrons. The van der Waals surface area contributed by atoms with Crippen molar-refractivity contribution in [3.05, 3.63) is 35.3 Å². The number of hydrogen-bond donors (Lipinski definition) is 3. The zero-order valence-corrected chi connectivity index (χ0v) is 9.74. The number of carboxylic acid groups (broad SMARTS) is 1. The van der Waals surface area contributed by atoms with Crippen LogP contribution in [0.1, 0.15) is 17.4 Å². The molecule has 0 bridgehead atoms. The van der Waals surface area contributed by atoms with E-state index in [-0.39, 0.29) is 12.2 Å². The summed E-state index contributed by atoms with van der Waals surface area (Å²) in [5.41, 5.74) is 1.63. The normalized spacial score (nSPS) is 16.9. The number of anilines is 1. The summed E-state index contributed by atoms with van der Waals surface area (Å²) in [7, 11) is 1.52. The smallest absolute Gasteiger partial charge is 0.322 e. The van der Waals surface area contributed by atoms with Gasteiger partial charge in [0.25, 0.3) is 0 Å². The molecule has 1 aromatic carbocycles. The summed E-state index contributed by atoms with van der Waals surface area (Å²) in [6, 6.07) is 2.90. The standard InChI is InChI=1S/C12H13FN2O3/c1-18-12-8-5-9(13)10(15-6-11(16)17)4-7(8)2-3-14-12/h2-5,12,14-15H,6H2,1H3,(H,16,17). The molecule has 0 fully saturated rings. The molecule has 0 aromatic heterocycles. The first-order valence-electron chi connectivity index (χ1n) is 5.36. The molecule has 0 saturated heterocycles. The predicted molar refractivity (Wildman–Crippen MR) is 64.4 cm³/mol. The minimum atomic E-state index is -1.04. The summed E-state index contributed by atoms with van der Waals surface area (Å²) in [6.07, 6.45) is 3.08. The van der Waals surface area contributed by atoms with Crippen molar-refractivity contribution >= 4 is 17.7 Å². The van der Waals surface area contributed by atoms with Crippen LogP contribution in [0.5, 0.6) is 0 Å². The molecule has 1 heterocycles. The van der Waals surface area contributed by atoms with Crippen molar-refractivity contribution in [2.24, 2.45) is 0 Å². The Balaban J connectivity index is 2.31. The van der Waals surface area contributed by atoms with Gasteiger partial charge in [0.2, 0.25) is 0 Å². The van der Waals surface area contributed by atoms with Gasteiger partial charge >= 0.3 is 5.97 Å². The number of methoxy groups -OCH3 is 1. The van der Waals surface area contributed by atoms with Gasteiger partial charge in [-0.2, -0.15) is 0 Å². The molecule has 0 spiro atoms. The van der Waals surface area contributed by atoms with Crippen molar-refractivity contribution < 1.29 is 19.0 Å². The summed E-state index contributed by atoms with van der Waals surface area (Å²) in [6.45, 7) is -0.328. The van der Waals surface area contributed by atoms with Crippen LogP contribution in [0.15, 0.2) is 18.3 Å². The molecule has 0 aliphatic carbocycles. The van der Waals surface area contributed by atoms with E-state index in [0.717, 1.165) is 5.56 Å². The average molecular weight is 252 g/mol. The van der Waals surface area contributed by atoms with Crippen LogP contribution < -0.4 is 10.6 Å². The van der Waals surface area contributed by atoms with Crippen LogP contribution >= 0.6 is 0 Å². The molecular weight excluding hydrogens is 239 g/mol. The topological polar surface area (TPSA) is 70.6 Å². The number of carbonyl (C=O) groups is 1. The van der Waals surface area contributed by atoms with E-state index in [1.807, 2.05) is 0 Å². The minimum absolute atomic E-state index is 0.164. The first kappa shape index (κ1) is 12.4. The Bertz CT molecular complexity index is 502. The molecule has 0 amide bonds. The van der Waals surface area contributed by atoms with Crippen LogP contribution in [0, 0.1) is 5.82 Å². The van der Waals surface area contributed by atoms with Crippen molar-refractivity contribution in [3.8, 4) is 0 Å². The fraction of sp³-hybridized carbons (Fsp3) is 0.250. The quantitative estimate of drug-likeness (QED) is 0.758. The third-order valence-electron chi connectivity index (χ3n) is 2.63. The highest BCUT2D eigenvalue weighted by atomic mass is 19.1. The molecule has 1 aromatic rings. The summed E-state index contributed by atoms with van der Waals surface area (Å²) < 4.78 is 18.9. The van der Waals surface area contributed by atoms with Gasteiger partial charge in [0.15, 0.2) is 6.23 Å². The molecule has 1 aliphatic heterocycles. The van der Waals surface area contributed by atoms with Gasteiger partial charge in [0.05, 0.1) is 5.69 Å². The van der Waals surface area contributed by atoms with E-state index in [1.54, 1.807) is 18.3 Å². The summed E-state index contributed by atoms with van der Waals surface area (Å²) in [5.74, 6) is -1.55. The van der Waals surface area contributed by atoms with Crippen molar-refractivity contribution in [2.75, 3.05) is 19.0 Å². The highest BCUT2D eigenvalue weighted by molar-refractivity contribution is 5.73. The maximum absolute atomic E-state index is 13.8. The second-order valence-corrected chi connectivity index (χ2v) is 3.82. The third kappa shape index (κ3) is 2.43. The number of halogens is 1. The SMILES string of the molecule is COC1NC=Cc2cc(NCC(=O)O)c(F)cc21. The van der Waals surface area contributed by atoms with E-state index in [0.29, 0.717) is 5.56 Å². The maximum Gasteiger partial charge on any atom is 0.322 e. The fourth-order valence-corrected chi connectivity index (χ4v) is 1.79. The lowest BCUT2D eigenvalue weighted by atomic mass is 10.0. The Morgan fingerprint density at radius 3 is 3.06 bits per heavy atom. The Morgan fingerprint density at radius 1 is 1.61 bits per heavy atom. The van der Waals surface area contributed by atoms with Gasteiger partial charge < -0.3 is 20.5 Å². The molecule has 96 valence electrons. The average Bonchev–Trinajstić information content (AvgIpc) is 2.35. The first-order chi connectivity index (χ1) is 8.61. The van der Waals surface area contributed by atoms with Crippen LogP contribution in [-0.4, -0.2) is 24.7 Å². The predicted octanol–water partition coefficient (Wildman–Crippen LogP) is 1.54. The zero-order chi connectivity index (χ0) is 13.1. The second kappa shape index (κ2) is 5.05. The van der Waals surface area contributed by atoms with E-state index in [2.05, 4.69) is 10.6 Å². The van der Waals surface area contributed by atoms with E-state index >= 15 is 0 Å². The van der Waals surface area contributed by atoms with Gasteiger partial charge in [-0.05, 0) is 30.0 Å². The number of ether oxygens (including phenoxy) is 1. The number of aliphatic carboxylic acids is 1. The van der Waals surface area contributed by atoms with E-state index < -0.39 is 18.0 Å². The highest BCUT2D eigenvalue weighted by Gasteiger charge is 2.18. The van der Waals surface area contributed by atoms with Gasteiger partial charge in [0, 0.05) is 12.7 Å². The first-order valence-corrected chi connectivity index (χ1v) is 5.36. The van der Waals surface area contributed by atoms with Crippen LogP contribution in [0.3, 0.4) is 0 Å². The Morgan fingerprint density at radius 2 is 2.39 bits per heavy atom. The van der Waals surface area contributed by atoms with Crippen molar-refractivity contribution in [3.63, 3.8) is 0 Å². The Kier molecular flexibility index (Phi) is 3.47. The van der Waals surface area contributed by atoms with Gasteiger partial charge in [-0.15, -0.1) is 0 Å². The molecule has 1 aliphatic rings. The third-order valence-corrected chi connectivity index (χ3v) is 2.63. The lowest BCUT2D eigenvalue weighted by Gasteiger charge is -2.23. The zero-order valence-electron chi connectivity index (χ0n) is 9.74. The monoisotopic (exact) mass is 252 g/mol. The van der Waals surface area contributed by atoms with Gasteiger partial charge in [-0.1, -0.05) is 0 Å². The molecule has 6 heteroatoms. The van der Waals surface area contributed by atoms with Crippen LogP contribution in [0.2, 0.25) is 0 Å². The van der Waals surface area contributed by atoms with Crippen molar-refractivity contribution in [2.45, 2.75) is 6.23 Å². The largest absolute Gasteiger partial charge is 0.480 e. The van der Waals surface area contributed by atoms with Gasteiger partial charge in [-0.3, -0.25) is 4.79 Å². The minimum Gasteiger partial charge on any atom is -0.480 e. The number of carboxylic acids is 1. The van der Waals surface area contributed by atoms with Gasteiger partial charge in [0.1, 0.15) is 12.4 Å². The Labute approximate surface area is 103 Å². The Hall–Kier alpha value is -2.08. The second-order valence-electron chi connectivity index (χ2n) is 3.82. The summed E-state index contributed by atoms with van der Waals surface area (Å²) in [5, 5.41) is 14.0. The lowest BCUT2D eigenvalue weighted by Crippen LogP contribution is -2.22. The van der Waals surface area contributed by atoms with Crippen LogP contribution in [0.25, 0.3) is 6.08 Å². The molecule has 1 atom stereocenters. The molecule has 3 N–H and O–H groups in total. The molecule has 2 rings (SSSR count). The highest BCUT2D eigenvalue weighted by Crippen LogP contribution is 2.28. The molecular formula is C12H13FN2O3. The van der Waals surface area contributed by atoms with Crippen LogP contribution in [-0.2, 0) is 9.53 Å². The molecule has 18 heavy (non-hydrogen) atoms. The number of benzene rings is 1. The van der Waals surface area contributed by atoms with Crippen molar-refractivity contribution in [1.82, 2.24) is 5.32 Å². The number of nitrogens with one attached hydrogen (secondary N) is 2. The van der Waals surface area contributed by atoms with Gasteiger partial charge in [-0.25, -0.2) is 4.39 Å². The molecule has 1 unspecified atom stereocenters. The van der Waals surface area contributed by atoms with Crippen molar-refractivity contribution in [1.29, 1.82) is 0 Å². The van der Waals surface area contributed by atoms with E-state index in [4.69, 9.17) is 9.84 Å². The molecule has 0 saturated carbocycles. The van der Waals surface area contributed by atoms with Crippen LogP contribution in [0.4, 0.5) is 10.1 Å².